The van der Waals surface area contributed by atoms with Crippen LogP contribution in [0.4, 0.5) is 0 Å². The molecule has 3 rings (SSSR count). The van der Waals surface area contributed by atoms with E-state index in [1.165, 1.54) is 0 Å². The van der Waals surface area contributed by atoms with E-state index in [9.17, 15) is 4.79 Å². The highest BCUT2D eigenvalue weighted by Gasteiger charge is 2.27. The quantitative estimate of drug-likeness (QED) is 0.787. The summed E-state index contributed by atoms with van der Waals surface area (Å²) >= 11 is 0. The molecule has 1 unspecified atom stereocenters. The summed E-state index contributed by atoms with van der Waals surface area (Å²) in [6, 6.07) is 10.0. The second kappa shape index (κ2) is 4.84. The Bertz CT molecular complexity index is 630. The summed E-state index contributed by atoms with van der Waals surface area (Å²) in [5.74, 6) is 0.506. The lowest BCUT2D eigenvalue weighted by molar-refractivity contribution is -0.128. The van der Waals surface area contributed by atoms with Crippen molar-refractivity contribution in [3.63, 3.8) is 0 Å². The highest BCUT2D eigenvalue weighted by molar-refractivity contribution is 5.83. The van der Waals surface area contributed by atoms with Crippen molar-refractivity contribution in [3.8, 4) is 0 Å². The van der Waals surface area contributed by atoms with Crippen LogP contribution in [0, 0.1) is 5.92 Å². The van der Waals surface area contributed by atoms with Crippen molar-refractivity contribution < 1.29 is 4.79 Å². The van der Waals surface area contributed by atoms with Crippen molar-refractivity contribution >= 4 is 16.8 Å². The van der Waals surface area contributed by atoms with E-state index in [0.29, 0.717) is 18.9 Å². The van der Waals surface area contributed by atoms with Crippen LogP contribution in [-0.2, 0) is 11.3 Å². The predicted octanol–water partition coefficient (Wildman–Crippen LogP) is 2.77. The molecule has 1 aromatic carbocycles. The summed E-state index contributed by atoms with van der Waals surface area (Å²) in [5.41, 5.74) is 2.13. The zero-order chi connectivity index (χ0) is 13.2. The molecule has 1 aliphatic heterocycles. The number of hydrogen-bond donors (Lipinski definition) is 0. The maximum Gasteiger partial charge on any atom is 0.223 e. The lowest BCUT2D eigenvalue weighted by atomic mass is 10.1. The minimum absolute atomic E-state index is 0.214. The number of fused-ring (bicyclic) bond motifs is 1. The number of hydrogen-bond acceptors (Lipinski definition) is 2. The fraction of sp³-hybridized carbons (Fsp3) is 0.250. The van der Waals surface area contributed by atoms with Crippen LogP contribution in [0.5, 0.6) is 0 Å². The summed E-state index contributed by atoms with van der Waals surface area (Å²) in [7, 11) is 0. The zero-order valence-electron chi connectivity index (χ0n) is 10.7. The second-order valence-corrected chi connectivity index (χ2v) is 4.96. The molecule has 96 valence electrons. The van der Waals surface area contributed by atoms with Crippen LogP contribution in [0.15, 0.2) is 49.2 Å². The van der Waals surface area contributed by atoms with Gasteiger partial charge in [-0.2, -0.15) is 0 Å². The van der Waals surface area contributed by atoms with Gasteiger partial charge >= 0.3 is 0 Å². The van der Waals surface area contributed by atoms with Gasteiger partial charge in [0.1, 0.15) is 0 Å². The topological polar surface area (TPSA) is 33.2 Å². The molecule has 1 atom stereocenters. The van der Waals surface area contributed by atoms with Crippen molar-refractivity contribution in [2.24, 2.45) is 5.92 Å². The number of nitrogens with zero attached hydrogens (tertiary/aromatic N) is 2. The van der Waals surface area contributed by atoms with E-state index >= 15 is 0 Å². The van der Waals surface area contributed by atoms with Gasteiger partial charge in [-0.05, 0) is 17.7 Å². The van der Waals surface area contributed by atoms with Crippen LogP contribution in [0.1, 0.15) is 12.0 Å². The Morgan fingerprint density at radius 2 is 2.21 bits per heavy atom. The Kier molecular flexibility index (Phi) is 3.03. The van der Waals surface area contributed by atoms with E-state index in [0.717, 1.165) is 23.0 Å². The maximum atomic E-state index is 11.9. The summed E-state index contributed by atoms with van der Waals surface area (Å²) in [6.07, 6.45) is 4.28. The van der Waals surface area contributed by atoms with Gasteiger partial charge in [0.15, 0.2) is 0 Å². The Morgan fingerprint density at radius 1 is 1.37 bits per heavy atom. The number of amides is 1. The van der Waals surface area contributed by atoms with Crippen LogP contribution in [0.2, 0.25) is 0 Å². The van der Waals surface area contributed by atoms with Gasteiger partial charge in [0.2, 0.25) is 5.91 Å². The van der Waals surface area contributed by atoms with E-state index in [1.54, 1.807) is 0 Å². The predicted molar refractivity (Wildman–Crippen MR) is 75.5 cm³/mol. The van der Waals surface area contributed by atoms with Crippen LogP contribution < -0.4 is 0 Å². The van der Waals surface area contributed by atoms with Crippen LogP contribution in [-0.4, -0.2) is 22.3 Å². The number of carbonyl (C=O) groups is 1. The van der Waals surface area contributed by atoms with Gasteiger partial charge in [0.25, 0.3) is 0 Å². The van der Waals surface area contributed by atoms with E-state index in [4.69, 9.17) is 0 Å². The Balaban J connectivity index is 1.90. The molecule has 1 saturated heterocycles. The number of para-hydroxylation sites is 1. The van der Waals surface area contributed by atoms with Crippen molar-refractivity contribution in [1.29, 1.82) is 0 Å². The van der Waals surface area contributed by atoms with Gasteiger partial charge in [-0.1, -0.05) is 24.3 Å². The third-order valence-corrected chi connectivity index (χ3v) is 3.68. The normalized spacial score (nSPS) is 19.1. The van der Waals surface area contributed by atoms with Gasteiger partial charge in [-0.3, -0.25) is 9.78 Å². The van der Waals surface area contributed by atoms with Gasteiger partial charge in [0, 0.05) is 37.0 Å². The largest absolute Gasteiger partial charge is 0.338 e. The molecule has 1 aromatic heterocycles. The van der Waals surface area contributed by atoms with Gasteiger partial charge < -0.3 is 4.90 Å². The lowest BCUT2D eigenvalue weighted by Gasteiger charge is -2.17. The smallest absolute Gasteiger partial charge is 0.223 e. The van der Waals surface area contributed by atoms with Crippen molar-refractivity contribution in [3.05, 3.63) is 54.7 Å². The Morgan fingerprint density at radius 3 is 3.00 bits per heavy atom. The monoisotopic (exact) mass is 252 g/mol. The molecule has 0 aliphatic carbocycles. The first kappa shape index (κ1) is 11.9. The van der Waals surface area contributed by atoms with Crippen molar-refractivity contribution in [2.45, 2.75) is 13.0 Å². The number of likely N-dealkylation sites (tertiary alicyclic amines) is 1. The fourth-order valence-corrected chi connectivity index (χ4v) is 2.61. The number of pyridine rings is 1. The summed E-state index contributed by atoms with van der Waals surface area (Å²) < 4.78 is 0. The van der Waals surface area contributed by atoms with Gasteiger partial charge in [-0.15, -0.1) is 6.58 Å². The molecule has 0 spiro atoms. The average molecular weight is 252 g/mol. The number of aromatic nitrogens is 1. The first-order valence-electron chi connectivity index (χ1n) is 6.51. The first-order chi connectivity index (χ1) is 9.28. The zero-order valence-corrected chi connectivity index (χ0v) is 10.7. The molecule has 0 saturated carbocycles. The summed E-state index contributed by atoms with van der Waals surface area (Å²) in [4.78, 5) is 18.2. The van der Waals surface area contributed by atoms with Crippen LogP contribution in [0.3, 0.4) is 0 Å². The molecular formula is C16H16N2O. The third-order valence-electron chi connectivity index (χ3n) is 3.68. The second-order valence-electron chi connectivity index (χ2n) is 4.96. The standard InChI is InChI=1S/C16H16N2O/c1-2-12-9-16(19)18(10-12)11-13-7-8-17-15-6-4-3-5-14(13)15/h2-8,12H,1,9-11H2. The molecule has 0 radical (unpaired) electrons. The van der Waals surface area contributed by atoms with E-state index in [2.05, 4.69) is 17.6 Å². The molecule has 1 aliphatic rings. The number of carbonyl (C=O) groups excluding carboxylic acids is 1. The third kappa shape index (κ3) is 2.24. The van der Waals surface area contributed by atoms with E-state index in [1.807, 2.05) is 41.4 Å². The lowest BCUT2D eigenvalue weighted by Crippen LogP contribution is -2.24. The molecule has 2 aromatic rings. The number of benzene rings is 1. The molecule has 3 heteroatoms. The molecule has 3 nitrogen and oxygen atoms in total. The minimum atomic E-state index is 0.214. The highest BCUT2D eigenvalue weighted by Crippen LogP contribution is 2.23. The Labute approximate surface area is 112 Å². The summed E-state index contributed by atoms with van der Waals surface area (Å²) in [6.45, 7) is 5.22. The molecule has 1 amide bonds. The van der Waals surface area contributed by atoms with Crippen LogP contribution in [0.25, 0.3) is 10.9 Å². The molecule has 2 heterocycles. The number of rotatable bonds is 3. The van der Waals surface area contributed by atoms with Gasteiger partial charge in [-0.25, -0.2) is 0 Å². The molecule has 0 bridgehead atoms. The van der Waals surface area contributed by atoms with Crippen molar-refractivity contribution in [1.82, 2.24) is 9.88 Å². The average Bonchev–Trinajstić information content (AvgIpc) is 2.80. The fourth-order valence-electron chi connectivity index (χ4n) is 2.61. The van der Waals surface area contributed by atoms with Gasteiger partial charge in [0.05, 0.1) is 5.52 Å². The first-order valence-corrected chi connectivity index (χ1v) is 6.51. The summed E-state index contributed by atoms with van der Waals surface area (Å²) in [5, 5.41) is 1.12. The maximum absolute atomic E-state index is 11.9. The Hall–Kier alpha value is -2.16. The van der Waals surface area contributed by atoms with Crippen LogP contribution >= 0.6 is 0 Å². The van der Waals surface area contributed by atoms with E-state index in [-0.39, 0.29) is 5.91 Å². The minimum Gasteiger partial charge on any atom is -0.338 e. The molecule has 0 N–H and O–H groups in total. The molecular weight excluding hydrogens is 236 g/mol. The van der Waals surface area contributed by atoms with Crippen molar-refractivity contribution in [2.75, 3.05) is 6.54 Å². The van der Waals surface area contributed by atoms with E-state index < -0.39 is 0 Å². The molecule has 1 fully saturated rings. The highest BCUT2D eigenvalue weighted by atomic mass is 16.2. The SMILES string of the molecule is C=CC1CC(=O)N(Cc2ccnc3ccccc23)C1. The molecule has 19 heavy (non-hydrogen) atoms.